The number of hydrogen-bond donors (Lipinski definition) is 0. The molecule has 0 saturated heterocycles. The molecule has 19 heavy (non-hydrogen) atoms. The molecule has 1 atom stereocenters. The van der Waals surface area contributed by atoms with Gasteiger partial charge in [-0.25, -0.2) is 0 Å². The zero-order valence-electron chi connectivity index (χ0n) is 11.7. The summed E-state index contributed by atoms with van der Waals surface area (Å²) < 4.78 is 5.71. The summed E-state index contributed by atoms with van der Waals surface area (Å²) in [5, 5.41) is 27.3. The first-order chi connectivity index (χ1) is 8.92. The van der Waals surface area contributed by atoms with Crippen molar-refractivity contribution in [2.24, 2.45) is 5.92 Å². The second kappa shape index (κ2) is 5.59. The maximum Gasteiger partial charge on any atom is 0.172 e. The molecule has 0 aromatic heterocycles. The van der Waals surface area contributed by atoms with Gasteiger partial charge >= 0.3 is 0 Å². The molecule has 0 saturated carbocycles. The van der Waals surface area contributed by atoms with Crippen LogP contribution in [-0.4, -0.2) is 5.60 Å². The average Bonchev–Trinajstić information content (AvgIpc) is 2.62. The topological polar surface area (TPSA) is 80.6 Å². The summed E-state index contributed by atoms with van der Waals surface area (Å²) in [5.41, 5.74) is 0.454. The second-order valence-corrected chi connectivity index (χ2v) is 5.13. The molecule has 0 aliphatic carbocycles. The van der Waals surface area contributed by atoms with E-state index in [1.54, 1.807) is 12.1 Å². The normalized spacial score (nSPS) is 18.1. The highest BCUT2D eigenvalue weighted by Gasteiger charge is 2.41. The SMILES string of the molecule is CCCC(C)C1=C(C#N)C(=C(C#N)C#N)OC1(C)C. The number of allylic oxidation sites excluding steroid dienone is 2. The van der Waals surface area contributed by atoms with Crippen LogP contribution in [0.3, 0.4) is 0 Å². The summed E-state index contributed by atoms with van der Waals surface area (Å²) in [6.07, 6.45) is 1.94. The summed E-state index contributed by atoms with van der Waals surface area (Å²) in [6.45, 7) is 7.86. The fourth-order valence-corrected chi connectivity index (χ4v) is 2.62. The lowest BCUT2D eigenvalue weighted by Crippen LogP contribution is -2.25. The molecule has 0 bridgehead atoms. The van der Waals surface area contributed by atoms with Gasteiger partial charge in [-0.1, -0.05) is 20.3 Å². The first-order valence-corrected chi connectivity index (χ1v) is 6.31. The highest BCUT2D eigenvalue weighted by Crippen LogP contribution is 2.43. The van der Waals surface area contributed by atoms with Gasteiger partial charge in [0.25, 0.3) is 0 Å². The van der Waals surface area contributed by atoms with Crippen molar-refractivity contribution in [2.75, 3.05) is 0 Å². The largest absolute Gasteiger partial charge is 0.480 e. The summed E-state index contributed by atoms with van der Waals surface area (Å²) in [5.74, 6) is 0.321. The van der Waals surface area contributed by atoms with Gasteiger partial charge in [0.2, 0.25) is 0 Å². The quantitative estimate of drug-likeness (QED) is 0.724. The third-order valence-electron chi connectivity index (χ3n) is 3.28. The van der Waals surface area contributed by atoms with E-state index in [-0.39, 0.29) is 17.3 Å². The Bertz CT molecular complexity index is 546. The van der Waals surface area contributed by atoms with Crippen molar-refractivity contribution in [3.63, 3.8) is 0 Å². The molecule has 0 amide bonds. The molecule has 98 valence electrons. The van der Waals surface area contributed by atoms with E-state index in [2.05, 4.69) is 13.0 Å². The predicted octanol–water partition coefficient (Wildman–Crippen LogP) is 3.35. The van der Waals surface area contributed by atoms with Crippen molar-refractivity contribution in [3.05, 3.63) is 22.5 Å². The van der Waals surface area contributed by atoms with Crippen LogP contribution < -0.4 is 0 Å². The molecule has 0 spiro atoms. The third kappa shape index (κ3) is 2.61. The monoisotopic (exact) mass is 255 g/mol. The predicted molar refractivity (Wildman–Crippen MR) is 70.1 cm³/mol. The minimum atomic E-state index is -0.645. The molecule has 0 radical (unpaired) electrons. The van der Waals surface area contributed by atoms with Crippen molar-refractivity contribution in [3.8, 4) is 18.2 Å². The van der Waals surface area contributed by atoms with Gasteiger partial charge in [-0.05, 0) is 31.8 Å². The fraction of sp³-hybridized carbons (Fsp3) is 0.533. The molecular weight excluding hydrogens is 238 g/mol. The minimum absolute atomic E-state index is 0.135. The van der Waals surface area contributed by atoms with Gasteiger partial charge in [0.1, 0.15) is 23.8 Å². The Labute approximate surface area is 114 Å². The standard InChI is InChI=1S/C15H17N3O/c1-5-6-10(2)13-12(9-18)14(11(7-16)8-17)19-15(13,3)4/h10H,5-6H2,1-4H3. The number of rotatable bonds is 3. The van der Waals surface area contributed by atoms with Gasteiger partial charge in [0, 0.05) is 0 Å². The lowest BCUT2D eigenvalue weighted by Gasteiger charge is -2.26. The molecule has 1 aliphatic heterocycles. The van der Waals surface area contributed by atoms with Gasteiger partial charge in [-0.15, -0.1) is 0 Å². The molecule has 1 rings (SSSR count). The summed E-state index contributed by atoms with van der Waals surface area (Å²) >= 11 is 0. The van der Waals surface area contributed by atoms with Crippen LogP contribution in [0, 0.1) is 39.9 Å². The molecule has 1 unspecified atom stereocenters. The minimum Gasteiger partial charge on any atom is -0.480 e. The van der Waals surface area contributed by atoms with Crippen LogP contribution in [0.5, 0.6) is 0 Å². The third-order valence-corrected chi connectivity index (χ3v) is 3.28. The number of hydrogen-bond acceptors (Lipinski definition) is 4. The Morgan fingerprint density at radius 1 is 1.26 bits per heavy atom. The molecule has 0 N–H and O–H groups in total. The van der Waals surface area contributed by atoms with Gasteiger partial charge in [-0.3, -0.25) is 0 Å². The van der Waals surface area contributed by atoms with Crippen LogP contribution in [0.1, 0.15) is 40.5 Å². The highest BCUT2D eigenvalue weighted by molar-refractivity contribution is 5.57. The lowest BCUT2D eigenvalue weighted by atomic mass is 9.83. The van der Waals surface area contributed by atoms with Crippen molar-refractivity contribution in [1.29, 1.82) is 15.8 Å². The van der Waals surface area contributed by atoms with Gasteiger partial charge in [-0.2, -0.15) is 15.8 Å². The van der Waals surface area contributed by atoms with Crippen LogP contribution in [0.2, 0.25) is 0 Å². The summed E-state index contributed by atoms with van der Waals surface area (Å²) in [7, 11) is 0. The smallest absolute Gasteiger partial charge is 0.172 e. The zero-order valence-corrected chi connectivity index (χ0v) is 11.7. The Balaban J connectivity index is 3.50. The van der Waals surface area contributed by atoms with Crippen LogP contribution in [-0.2, 0) is 4.74 Å². The Hall–Kier alpha value is -2.25. The first-order valence-electron chi connectivity index (χ1n) is 6.31. The van der Waals surface area contributed by atoms with Crippen molar-refractivity contribution in [2.45, 2.75) is 46.1 Å². The molecule has 1 heterocycles. The van der Waals surface area contributed by atoms with Crippen molar-refractivity contribution < 1.29 is 4.74 Å². The molecule has 0 fully saturated rings. The summed E-state index contributed by atoms with van der Waals surface area (Å²) in [6, 6.07) is 5.69. The fourth-order valence-electron chi connectivity index (χ4n) is 2.62. The van der Waals surface area contributed by atoms with E-state index in [1.165, 1.54) is 0 Å². The molecule has 4 heteroatoms. The first kappa shape index (κ1) is 14.8. The Kier molecular flexibility index (Phi) is 4.36. The van der Waals surface area contributed by atoms with E-state index >= 15 is 0 Å². The van der Waals surface area contributed by atoms with Gasteiger partial charge in [0.05, 0.1) is 5.57 Å². The highest BCUT2D eigenvalue weighted by atomic mass is 16.5. The van der Waals surface area contributed by atoms with Crippen molar-refractivity contribution in [1.82, 2.24) is 0 Å². The van der Waals surface area contributed by atoms with Crippen molar-refractivity contribution >= 4 is 0 Å². The zero-order chi connectivity index (χ0) is 14.6. The van der Waals surface area contributed by atoms with Gasteiger partial charge < -0.3 is 4.74 Å². The van der Waals surface area contributed by atoms with E-state index in [1.807, 2.05) is 20.8 Å². The summed E-state index contributed by atoms with van der Waals surface area (Å²) in [4.78, 5) is 0. The number of ether oxygens (including phenoxy) is 1. The average molecular weight is 255 g/mol. The van der Waals surface area contributed by atoms with E-state index in [9.17, 15) is 5.26 Å². The maximum atomic E-state index is 9.36. The number of nitriles is 3. The van der Waals surface area contributed by atoms with E-state index in [0.717, 1.165) is 18.4 Å². The van der Waals surface area contributed by atoms with E-state index in [4.69, 9.17) is 15.3 Å². The molecule has 0 aromatic carbocycles. The van der Waals surface area contributed by atoms with E-state index < -0.39 is 5.60 Å². The Morgan fingerprint density at radius 3 is 2.26 bits per heavy atom. The van der Waals surface area contributed by atoms with Crippen LogP contribution in [0.15, 0.2) is 22.5 Å². The van der Waals surface area contributed by atoms with E-state index in [0.29, 0.717) is 5.57 Å². The number of nitrogens with zero attached hydrogens (tertiary/aromatic N) is 3. The second-order valence-electron chi connectivity index (χ2n) is 5.13. The van der Waals surface area contributed by atoms with Gasteiger partial charge in [0.15, 0.2) is 11.3 Å². The molecule has 1 aliphatic rings. The Morgan fingerprint density at radius 2 is 1.84 bits per heavy atom. The lowest BCUT2D eigenvalue weighted by molar-refractivity contribution is 0.0847. The van der Waals surface area contributed by atoms with Crippen LogP contribution >= 0.6 is 0 Å². The molecular formula is C15H17N3O. The van der Waals surface area contributed by atoms with Crippen LogP contribution in [0.4, 0.5) is 0 Å². The maximum absolute atomic E-state index is 9.36. The molecule has 0 aromatic rings. The van der Waals surface area contributed by atoms with Crippen LogP contribution in [0.25, 0.3) is 0 Å². The molecule has 4 nitrogen and oxygen atoms in total.